The zero-order valence-electron chi connectivity index (χ0n) is 9.88. The Morgan fingerprint density at radius 2 is 2.07 bits per heavy atom. The Balaban J connectivity index is 1.99. The number of ether oxygens (including phenoxy) is 1. The predicted molar refractivity (Wildman–Crippen MR) is 60.5 cm³/mol. The molecular weight excluding hydrogens is 174 g/mol. The van der Waals surface area contributed by atoms with Crippen LogP contribution < -0.4 is 5.32 Å². The number of rotatable bonds is 8. The largest absolute Gasteiger partial charge is 0.380 e. The Labute approximate surface area is 88.4 Å². The molecule has 0 saturated heterocycles. The van der Waals surface area contributed by atoms with Gasteiger partial charge in [-0.1, -0.05) is 33.6 Å². The first kappa shape index (κ1) is 12.0. The van der Waals surface area contributed by atoms with Gasteiger partial charge in [-0.05, 0) is 24.8 Å². The molecule has 0 amide bonds. The Hall–Kier alpha value is -0.0800. The van der Waals surface area contributed by atoms with Gasteiger partial charge in [-0.2, -0.15) is 0 Å². The molecule has 84 valence electrons. The van der Waals surface area contributed by atoms with E-state index in [1.54, 1.807) is 0 Å². The Bertz CT molecular complexity index is 143. The molecule has 0 radical (unpaired) electrons. The fourth-order valence-corrected chi connectivity index (χ4v) is 1.62. The highest BCUT2D eigenvalue weighted by Gasteiger charge is 2.20. The molecule has 2 heteroatoms. The molecule has 0 aromatic rings. The topological polar surface area (TPSA) is 21.3 Å². The molecule has 1 unspecified atom stereocenters. The van der Waals surface area contributed by atoms with E-state index in [0.717, 1.165) is 25.7 Å². The van der Waals surface area contributed by atoms with Crippen LogP contribution in [0.25, 0.3) is 0 Å². The molecule has 1 rings (SSSR count). The summed E-state index contributed by atoms with van der Waals surface area (Å²) in [7, 11) is 0. The third-order valence-corrected chi connectivity index (χ3v) is 2.94. The van der Waals surface area contributed by atoms with Crippen LogP contribution in [0.4, 0.5) is 0 Å². The standard InChI is InChI=1S/C12H25NO/c1-4-13-12(10(2)3)9-14-8-7-11-5-6-11/h10-13H,4-9H2,1-3H3. The van der Waals surface area contributed by atoms with E-state index in [1.807, 2.05) is 0 Å². The molecule has 1 aliphatic carbocycles. The quantitative estimate of drug-likeness (QED) is 0.606. The van der Waals surface area contributed by atoms with Crippen LogP contribution >= 0.6 is 0 Å². The first-order chi connectivity index (χ1) is 6.74. The summed E-state index contributed by atoms with van der Waals surface area (Å²) in [6.45, 7) is 9.51. The van der Waals surface area contributed by atoms with Gasteiger partial charge in [0, 0.05) is 12.6 Å². The average molecular weight is 199 g/mol. The molecular formula is C12H25NO. The van der Waals surface area contributed by atoms with Gasteiger partial charge in [0.15, 0.2) is 0 Å². The van der Waals surface area contributed by atoms with Gasteiger partial charge in [0.25, 0.3) is 0 Å². The monoisotopic (exact) mass is 199 g/mol. The van der Waals surface area contributed by atoms with Gasteiger partial charge in [-0.25, -0.2) is 0 Å². The average Bonchev–Trinajstić information content (AvgIpc) is 2.93. The lowest BCUT2D eigenvalue weighted by molar-refractivity contribution is 0.0941. The van der Waals surface area contributed by atoms with Crippen molar-refractivity contribution in [3.05, 3.63) is 0 Å². The van der Waals surface area contributed by atoms with Crippen molar-refractivity contribution in [3.8, 4) is 0 Å². The van der Waals surface area contributed by atoms with Crippen LogP contribution in [0.15, 0.2) is 0 Å². The molecule has 0 aromatic carbocycles. The maximum absolute atomic E-state index is 5.70. The fraction of sp³-hybridized carbons (Fsp3) is 1.00. The third-order valence-electron chi connectivity index (χ3n) is 2.94. The predicted octanol–water partition coefficient (Wildman–Crippen LogP) is 2.44. The summed E-state index contributed by atoms with van der Waals surface area (Å²) < 4.78 is 5.70. The summed E-state index contributed by atoms with van der Waals surface area (Å²) in [5.74, 6) is 1.66. The van der Waals surface area contributed by atoms with Gasteiger partial charge in [0.2, 0.25) is 0 Å². The lowest BCUT2D eigenvalue weighted by Gasteiger charge is -2.21. The molecule has 0 aliphatic heterocycles. The van der Waals surface area contributed by atoms with E-state index in [4.69, 9.17) is 4.74 Å². The number of hydrogen-bond acceptors (Lipinski definition) is 2. The molecule has 1 saturated carbocycles. The normalized spacial score (nSPS) is 18.9. The van der Waals surface area contributed by atoms with Crippen LogP contribution in [-0.2, 0) is 4.74 Å². The minimum atomic E-state index is 0.527. The molecule has 1 fully saturated rings. The van der Waals surface area contributed by atoms with E-state index in [-0.39, 0.29) is 0 Å². The van der Waals surface area contributed by atoms with Crippen molar-refractivity contribution in [1.82, 2.24) is 5.32 Å². The maximum Gasteiger partial charge on any atom is 0.0622 e. The minimum Gasteiger partial charge on any atom is -0.380 e. The van der Waals surface area contributed by atoms with Crippen molar-refractivity contribution < 1.29 is 4.74 Å². The first-order valence-corrected chi connectivity index (χ1v) is 6.05. The lowest BCUT2D eigenvalue weighted by Crippen LogP contribution is -2.37. The van der Waals surface area contributed by atoms with Gasteiger partial charge >= 0.3 is 0 Å². The third kappa shape index (κ3) is 4.97. The summed E-state index contributed by atoms with van der Waals surface area (Å²) in [5.41, 5.74) is 0. The second-order valence-electron chi connectivity index (χ2n) is 4.72. The number of likely N-dealkylation sites (N-methyl/N-ethyl adjacent to an activating group) is 1. The maximum atomic E-state index is 5.70. The summed E-state index contributed by atoms with van der Waals surface area (Å²) in [4.78, 5) is 0. The van der Waals surface area contributed by atoms with E-state index in [2.05, 4.69) is 26.1 Å². The van der Waals surface area contributed by atoms with Crippen LogP contribution in [0.1, 0.15) is 40.0 Å². The van der Waals surface area contributed by atoms with Gasteiger partial charge < -0.3 is 10.1 Å². The Kier molecular flexibility index (Phi) is 5.49. The molecule has 1 N–H and O–H groups in total. The van der Waals surface area contributed by atoms with Crippen LogP contribution in [0.5, 0.6) is 0 Å². The molecule has 0 spiro atoms. The molecule has 0 bridgehead atoms. The van der Waals surface area contributed by atoms with E-state index >= 15 is 0 Å². The minimum absolute atomic E-state index is 0.527. The van der Waals surface area contributed by atoms with Crippen molar-refractivity contribution >= 4 is 0 Å². The molecule has 2 nitrogen and oxygen atoms in total. The molecule has 14 heavy (non-hydrogen) atoms. The highest BCUT2D eigenvalue weighted by molar-refractivity contribution is 4.73. The van der Waals surface area contributed by atoms with Crippen molar-refractivity contribution in [2.45, 2.75) is 46.1 Å². The van der Waals surface area contributed by atoms with Crippen LogP contribution in [0.3, 0.4) is 0 Å². The molecule has 1 aliphatic rings. The smallest absolute Gasteiger partial charge is 0.0622 e. The van der Waals surface area contributed by atoms with E-state index in [9.17, 15) is 0 Å². The highest BCUT2D eigenvalue weighted by atomic mass is 16.5. The zero-order valence-corrected chi connectivity index (χ0v) is 9.88. The second kappa shape index (κ2) is 6.41. The second-order valence-corrected chi connectivity index (χ2v) is 4.72. The summed E-state index contributed by atoms with van der Waals surface area (Å²) in [5, 5.41) is 3.46. The fourth-order valence-electron chi connectivity index (χ4n) is 1.62. The van der Waals surface area contributed by atoms with Crippen molar-refractivity contribution in [3.63, 3.8) is 0 Å². The van der Waals surface area contributed by atoms with E-state index < -0.39 is 0 Å². The van der Waals surface area contributed by atoms with Gasteiger partial charge in [-0.3, -0.25) is 0 Å². The van der Waals surface area contributed by atoms with Gasteiger partial charge in [0.05, 0.1) is 6.61 Å². The molecule has 0 aromatic heterocycles. The van der Waals surface area contributed by atoms with Gasteiger partial charge in [0.1, 0.15) is 0 Å². The summed E-state index contributed by atoms with van der Waals surface area (Å²) in [6, 6.07) is 0.527. The van der Waals surface area contributed by atoms with Crippen LogP contribution in [0, 0.1) is 11.8 Å². The Morgan fingerprint density at radius 1 is 1.36 bits per heavy atom. The van der Waals surface area contributed by atoms with E-state index in [1.165, 1.54) is 19.3 Å². The van der Waals surface area contributed by atoms with Gasteiger partial charge in [-0.15, -0.1) is 0 Å². The first-order valence-electron chi connectivity index (χ1n) is 6.05. The van der Waals surface area contributed by atoms with Crippen LogP contribution in [-0.4, -0.2) is 25.8 Å². The van der Waals surface area contributed by atoms with Crippen molar-refractivity contribution in [2.75, 3.05) is 19.8 Å². The summed E-state index contributed by atoms with van der Waals surface area (Å²) in [6.07, 6.45) is 4.14. The summed E-state index contributed by atoms with van der Waals surface area (Å²) >= 11 is 0. The SMILES string of the molecule is CCNC(COCCC1CC1)C(C)C. The Morgan fingerprint density at radius 3 is 2.57 bits per heavy atom. The molecule has 0 heterocycles. The lowest BCUT2D eigenvalue weighted by atomic mass is 10.1. The number of hydrogen-bond donors (Lipinski definition) is 1. The molecule has 1 atom stereocenters. The van der Waals surface area contributed by atoms with Crippen molar-refractivity contribution in [2.24, 2.45) is 11.8 Å². The highest BCUT2D eigenvalue weighted by Crippen LogP contribution is 2.32. The number of nitrogens with one attached hydrogen (secondary N) is 1. The van der Waals surface area contributed by atoms with Crippen LogP contribution in [0.2, 0.25) is 0 Å². The van der Waals surface area contributed by atoms with E-state index in [0.29, 0.717) is 12.0 Å². The van der Waals surface area contributed by atoms with Crippen molar-refractivity contribution in [1.29, 1.82) is 0 Å². The zero-order chi connectivity index (χ0) is 10.4.